The van der Waals surface area contributed by atoms with E-state index in [0.717, 1.165) is 0 Å². The summed E-state index contributed by atoms with van der Waals surface area (Å²) in [5, 5.41) is 10.8. The summed E-state index contributed by atoms with van der Waals surface area (Å²) in [6.07, 6.45) is 0.194. The molecule has 0 saturated heterocycles. The highest BCUT2D eigenvalue weighted by Gasteiger charge is 2.16. The van der Waals surface area contributed by atoms with Crippen molar-refractivity contribution in [1.29, 1.82) is 0 Å². The molecule has 0 heterocycles. The molecular weight excluding hydrogens is 224 g/mol. The maximum absolute atomic E-state index is 11.0. The molecule has 0 aliphatic carbocycles. The Hall–Kier alpha value is -2.11. The van der Waals surface area contributed by atoms with Gasteiger partial charge in [0.1, 0.15) is 5.69 Å². The number of hydrogen-bond acceptors (Lipinski definition) is 5. The SMILES string of the molecule is COC(=O)CCN(C)c1ccccc1[N+](=O)[O-]. The third kappa shape index (κ3) is 3.44. The van der Waals surface area contributed by atoms with Gasteiger partial charge in [-0.05, 0) is 6.07 Å². The molecule has 0 aromatic heterocycles. The number of benzene rings is 1. The van der Waals surface area contributed by atoms with Crippen molar-refractivity contribution in [2.45, 2.75) is 6.42 Å². The van der Waals surface area contributed by atoms with Gasteiger partial charge in [0.2, 0.25) is 0 Å². The average molecular weight is 238 g/mol. The summed E-state index contributed by atoms with van der Waals surface area (Å²) in [5.74, 6) is -0.338. The molecule has 0 bridgehead atoms. The van der Waals surface area contributed by atoms with Crippen molar-refractivity contribution in [3.05, 3.63) is 34.4 Å². The van der Waals surface area contributed by atoms with E-state index in [1.54, 1.807) is 30.1 Å². The van der Waals surface area contributed by atoms with E-state index in [1.807, 2.05) is 0 Å². The van der Waals surface area contributed by atoms with Gasteiger partial charge in [0.25, 0.3) is 5.69 Å². The van der Waals surface area contributed by atoms with E-state index in [-0.39, 0.29) is 18.1 Å². The first-order valence-corrected chi connectivity index (χ1v) is 5.07. The van der Waals surface area contributed by atoms with Crippen LogP contribution in [0.5, 0.6) is 0 Å². The van der Waals surface area contributed by atoms with E-state index in [1.165, 1.54) is 13.2 Å². The number of methoxy groups -OCH3 is 1. The molecule has 0 fully saturated rings. The molecule has 0 aliphatic heterocycles. The Morgan fingerprint density at radius 2 is 2.12 bits per heavy atom. The Morgan fingerprint density at radius 3 is 2.71 bits per heavy atom. The van der Waals surface area contributed by atoms with Crippen LogP contribution in [0.2, 0.25) is 0 Å². The van der Waals surface area contributed by atoms with E-state index >= 15 is 0 Å². The van der Waals surface area contributed by atoms with E-state index < -0.39 is 4.92 Å². The molecule has 0 atom stereocenters. The number of anilines is 1. The number of ether oxygens (including phenoxy) is 1. The van der Waals surface area contributed by atoms with Gasteiger partial charge in [0.15, 0.2) is 0 Å². The number of para-hydroxylation sites is 2. The van der Waals surface area contributed by atoms with Crippen LogP contribution in [0.3, 0.4) is 0 Å². The van der Waals surface area contributed by atoms with Crippen LogP contribution < -0.4 is 4.90 Å². The molecule has 17 heavy (non-hydrogen) atoms. The summed E-state index contributed by atoms with van der Waals surface area (Å²) in [7, 11) is 3.01. The molecule has 0 radical (unpaired) electrons. The Morgan fingerprint density at radius 1 is 1.47 bits per heavy atom. The van der Waals surface area contributed by atoms with Crippen LogP contribution in [0.1, 0.15) is 6.42 Å². The summed E-state index contributed by atoms with van der Waals surface area (Å²) >= 11 is 0. The predicted octanol–water partition coefficient (Wildman–Crippen LogP) is 1.59. The number of nitro groups is 1. The highest BCUT2D eigenvalue weighted by molar-refractivity contribution is 5.70. The number of nitro benzene ring substituents is 1. The lowest BCUT2D eigenvalue weighted by atomic mass is 10.2. The first-order chi connectivity index (χ1) is 8.06. The molecule has 92 valence electrons. The third-order valence-electron chi connectivity index (χ3n) is 2.37. The Bertz CT molecular complexity index is 420. The highest BCUT2D eigenvalue weighted by atomic mass is 16.6. The lowest BCUT2D eigenvalue weighted by Gasteiger charge is -2.18. The van der Waals surface area contributed by atoms with E-state index in [9.17, 15) is 14.9 Å². The van der Waals surface area contributed by atoms with Crippen LogP contribution in [0.4, 0.5) is 11.4 Å². The number of carbonyl (C=O) groups is 1. The first-order valence-electron chi connectivity index (χ1n) is 5.07. The molecule has 0 amide bonds. The third-order valence-corrected chi connectivity index (χ3v) is 2.37. The summed E-state index contributed by atoms with van der Waals surface area (Å²) in [4.78, 5) is 23.0. The molecule has 1 rings (SSSR count). The van der Waals surface area contributed by atoms with Gasteiger partial charge in [-0.3, -0.25) is 14.9 Å². The molecule has 1 aromatic rings. The maximum atomic E-state index is 11.0. The number of carbonyl (C=O) groups excluding carboxylic acids is 1. The fraction of sp³-hybridized carbons (Fsp3) is 0.364. The topological polar surface area (TPSA) is 72.7 Å². The van der Waals surface area contributed by atoms with E-state index in [4.69, 9.17) is 0 Å². The zero-order valence-electron chi connectivity index (χ0n) is 9.75. The monoisotopic (exact) mass is 238 g/mol. The maximum Gasteiger partial charge on any atom is 0.307 e. The summed E-state index contributed by atoms with van der Waals surface area (Å²) in [6, 6.07) is 6.41. The van der Waals surface area contributed by atoms with Crippen LogP contribution in [0.25, 0.3) is 0 Å². The zero-order valence-corrected chi connectivity index (χ0v) is 9.75. The Balaban J connectivity index is 2.78. The van der Waals surface area contributed by atoms with Crippen molar-refractivity contribution in [3.8, 4) is 0 Å². The molecule has 6 nitrogen and oxygen atoms in total. The van der Waals surface area contributed by atoms with Crippen LogP contribution in [0.15, 0.2) is 24.3 Å². The number of rotatable bonds is 5. The zero-order chi connectivity index (χ0) is 12.8. The minimum atomic E-state index is -0.441. The van der Waals surface area contributed by atoms with Gasteiger partial charge in [-0.25, -0.2) is 0 Å². The van der Waals surface area contributed by atoms with Gasteiger partial charge in [0, 0.05) is 19.7 Å². The van der Waals surface area contributed by atoms with Crippen molar-refractivity contribution in [1.82, 2.24) is 0 Å². The minimum Gasteiger partial charge on any atom is -0.469 e. The van der Waals surface area contributed by atoms with Crippen molar-refractivity contribution in [3.63, 3.8) is 0 Å². The molecule has 0 spiro atoms. The van der Waals surface area contributed by atoms with Crippen molar-refractivity contribution >= 4 is 17.3 Å². The second-order valence-electron chi connectivity index (χ2n) is 3.49. The minimum absolute atomic E-state index is 0.0277. The number of hydrogen-bond donors (Lipinski definition) is 0. The second-order valence-corrected chi connectivity index (χ2v) is 3.49. The smallest absolute Gasteiger partial charge is 0.307 e. The molecule has 0 saturated carbocycles. The van der Waals surface area contributed by atoms with E-state index in [0.29, 0.717) is 12.2 Å². The number of nitrogens with zero attached hydrogens (tertiary/aromatic N) is 2. The van der Waals surface area contributed by atoms with Crippen LogP contribution >= 0.6 is 0 Å². The summed E-state index contributed by atoms with van der Waals surface area (Å²) < 4.78 is 4.51. The second kappa shape index (κ2) is 5.83. The van der Waals surface area contributed by atoms with Gasteiger partial charge >= 0.3 is 5.97 Å². The van der Waals surface area contributed by atoms with Gasteiger partial charge in [0.05, 0.1) is 18.5 Å². The van der Waals surface area contributed by atoms with Crippen LogP contribution in [-0.2, 0) is 9.53 Å². The summed E-state index contributed by atoms with van der Waals surface area (Å²) in [5.41, 5.74) is 0.515. The Labute approximate surface area is 98.9 Å². The molecular formula is C11H14N2O4. The van der Waals surface area contributed by atoms with Gasteiger partial charge in [-0.15, -0.1) is 0 Å². The molecule has 6 heteroatoms. The van der Waals surface area contributed by atoms with Crippen molar-refractivity contribution in [2.24, 2.45) is 0 Å². The van der Waals surface area contributed by atoms with Crippen LogP contribution in [-0.4, -0.2) is 31.6 Å². The molecule has 0 unspecified atom stereocenters. The standard InChI is InChI=1S/C11H14N2O4/c1-12(8-7-11(14)17-2)9-5-3-4-6-10(9)13(15)16/h3-6H,7-8H2,1-2H3. The first kappa shape index (κ1) is 13.0. The molecule has 0 N–H and O–H groups in total. The largest absolute Gasteiger partial charge is 0.469 e. The normalized spacial score (nSPS) is 9.76. The van der Waals surface area contributed by atoms with Gasteiger partial charge in [-0.1, -0.05) is 12.1 Å². The molecule has 0 aliphatic rings. The molecule has 1 aromatic carbocycles. The van der Waals surface area contributed by atoms with E-state index in [2.05, 4.69) is 4.74 Å². The Kier molecular flexibility index (Phi) is 4.45. The fourth-order valence-electron chi connectivity index (χ4n) is 1.42. The van der Waals surface area contributed by atoms with Crippen molar-refractivity contribution < 1.29 is 14.5 Å². The number of esters is 1. The van der Waals surface area contributed by atoms with Crippen LogP contribution in [0, 0.1) is 10.1 Å². The lowest BCUT2D eigenvalue weighted by molar-refractivity contribution is -0.384. The highest BCUT2D eigenvalue weighted by Crippen LogP contribution is 2.26. The predicted molar refractivity (Wildman–Crippen MR) is 63.0 cm³/mol. The average Bonchev–Trinajstić information content (AvgIpc) is 2.35. The summed E-state index contributed by atoms with van der Waals surface area (Å²) in [6.45, 7) is 0.373. The lowest BCUT2D eigenvalue weighted by Crippen LogP contribution is -2.22. The quantitative estimate of drug-likeness (QED) is 0.442. The van der Waals surface area contributed by atoms with Crippen molar-refractivity contribution in [2.75, 3.05) is 25.6 Å². The van der Waals surface area contributed by atoms with Gasteiger partial charge < -0.3 is 9.64 Å². The fourth-order valence-corrected chi connectivity index (χ4v) is 1.42. The van der Waals surface area contributed by atoms with Gasteiger partial charge in [-0.2, -0.15) is 0 Å².